The van der Waals surface area contributed by atoms with Crippen LogP contribution in [0.3, 0.4) is 0 Å². The number of amides is 1. The van der Waals surface area contributed by atoms with Gasteiger partial charge in [0.15, 0.2) is 4.34 Å². The lowest BCUT2D eigenvalue weighted by atomic mass is 10.2. The number of carbonyl (C=O) groups is 1. The summed E-state index contributed by atoms with van der Waals surface area (Å²) in [4.78, 5) is 16.5. The summed E-state index contributed by atoms with van der Waals surface area (Å²) in [5, 5.41) is 12.9. The van der Waals surface area contributed by atoms with Crippen LogP contribution in [0.25, 0.3) is 10.2 Å². The molecule has 0 aliphatic rings. The van der Waals surface area contributed by atoms with Crippen LogP contribution in [0.4, 0.5) is 5.69 Å². The number of thiazole rings is 1. The number of carbonyl (C=O) groups excluding carboxylic acids is 1. The van der Waals surface area contributed by atoms with Gasteiger partial charge in [0.1, 0.15) is 6.07 Å². The molecule has 0 unspecified atom stereocenters. The molecule has 0 radical (unpaired) electrons. The molecule has 24 heavy (non-hydrogen) atoms. The number of nitriles is 1. The summed E-state index contributed by atoms with van der Waals surface area (Å²) < 4.78 is 1.80. The zero-order chi connectivity index (χ0) is 17.1. The lowest BCUT2D eigenvalue weighted by molar-refractivity contribution is -0.113. The Hall–Kier alpha value is -1.78. The van der Waals surface area contributed by atoms with Crippen LogP contribution >= 0.6 is 46.3 Å². The molecule has 0 aliphatic carbocycles. The third-order valence-electron chi connectivity index (χ3n) is 3.03. The molecule has 3 rings (SSSR count). The monoisotopic (exact) mass is 393 g/mol. The fourth-order valence-electron chi connectivity index (χ4n) is 1.97. The van der Waals surface area contributed by atoms with Crippen molar-refractivity contribution in [2.24, 2.45) is 0 Å². The highest BCUT2D eigenvalue weighted by atomic mass is 35.5. The van der Waals surface area contributed by atoms with Gasteiger partial charge in [-0.05, 0) is 36.4 Å². The van der Waals surface area contributed by atoms with Crippen LogP contribution in [-0.4, -0.2) is 16.6 Å². The normalized spacial score (nSPS) is 10.5. The van der Waals surface area contributed by atoms with Crippen LogP contribution in [0.2, 0.25) is 10.0 Å². The van der Waals surface area contributed by atoms with Crippen molar-refractivity contribution >= 4 is 68.1 Å². The van der Waals surface area contributed by atoms with E-state index in [9.17, 15) is 4.79 Å². The fraction of sp³-hybridized carbons (Fsp3) is 0.0625. The summed E-state index contributed by atoms with van der Waals surface area (Å²) >= 11 is 14.7. The standard InChI is InChI=1S/C16H9Cl2N3OS2/c17-10-2-1-9(7-19)12(5-10)20-15(22)8-23-16-21-13-6-11(18)3-4-14(13)24-16/h1-6H,8H2,(H,20,22). The maximum atomic E-state index is 12.1. The van der Waals surface area contributed by atoms with Crippen LogP contribution < -0.4 is 5.32 Å². The Kier molecular flexibility index (Phi) is 5.27. The molecule has 0 aliphatic heterocycles. The van der Waals surface area contributed by atoms with E-state index >= 15 is 0 Å². The van der Waals surface area contributed by atoms with Crippen LogP contribution in [0, 0.1) is 11.3 Å². The van der Waals surface area contributed by atoms with E-state index in [1.165, 1.54) is 23.1 Å². The molecular weight excluding hydrogens is 385 g/mol. The maximum Gasteiger partial charge on any atom is 0.234 e. The number of nitrogens with one attached hydrogen (secondary N) is 1. The van der Waals surface area contributed by atoms with E-state index in [-0.39, 0.29) is 11.7 Å². The Labute approximate surface area is 156 Å². The highest BCUT2D eigenvalue weighted by Crippen LogP contribution is 2.31. The largest absolute Gasteiger partial charge is 0.324 e. The third kappa shape index (κ3) is 4.00. The molecule has 1 N–H and O–H groups in total. The predicted molar refractivity (Wildman–Crippen MR) is 100 cm³/mol. The molecule has 0 bridgehead atoms. The number of aromatic nitrogens is 1. The Balaban J connectivity index is 1.67. The molecular formula is C16H9Cl2N3OS2. The molecule has 0 fully saturated rings. The highest BCUT2D eigenvalue weighted by Gasteiger charge is 2.11. The van der Waals surface area contributed by atoms with Gasteiger partial charge in [-0.2, -0.15) is 5.26 Å². The lowest BCUT2D eigenvalue weighted by Gasteiger charge is -2.06. The van der Waals surface area contributed by atoms with E-state index < -0.39 is 0 Å². The molecule has 120 valence electrons. The second-order valence-corrected chi connectivity index (χ2v) is 7.86. The number of thioether (sulfide) groups is 1. The first-order valence-electron chi connectivity index (χ1n) is 6.73. The molecule has 1 heterocycles. The first-order chi connectivity index (χ1) is 11.5. The number of hydrogen-bond donors (Lipinski definition) is 1. The summed E-state index contributed by atoms with van der Waals surface area (Å²) in [5.74, 6) is -0.0404. The van der Waals surface area contributed by atoms with Crippen LogP contribution in [-0.2, 0) is 4.79 Å². The van der Waals surface area contributed by atoms with Crippen molar-refractivity contribution in [3.8, 4) is 6.07 Å². The van der Waals surface area contributed by atoms with Gasteiger partial charge in [-0.15, -0.1) is 11.3 Å². The third-order valence-corrected chi connectivity index (χ3v) is 5.68. The average molecular weight is 394 g/mol. The summed E-state index contributed by atoms with van der Waals surface area (Å²) in [6, 6.07) is 12.3. The van der Waals surface area contributed by atoms with Gasteiger partial charge >= 0.3 is 0 Å². The second kappa shape index (κ2) is 7.41. The van der Waals surface area contributed by atoms with E-state index in [0.717, 1.165) is 14.6 Å². The van der Waals surface area contributed by atoms with E-state index in [2.05, 4.69) is 10.3 Å². The van der Waals surface area contributed by atoms with Gasteiger partial charge in [-0.1, -0.05) is 35.0 Å². The van der Waals surface area contributed by atoms with Crippen molar-refractivity contribution in [1.82, 2.24) is 4.98 Å². The zero-order valence-electron chi connectivity index (χ0n) is 12.0. The number of fused-ring (bicyclic) bond motifs is 1. The van der Waals surface area contributed by atoms with Crippen LogP contribution in [0.5, 0.6) is 0 Å². The maximum absolute atomic E-state index is 12.1. The number of nitrogens with zero attached hydrogens (tertiary/aromatic N) is 2. The zero-order valence-corrected chi connectivity index (χ0v) is 15.2. The molecule has 0 spiro atoms. The first kappa shape index (κ1) is 17.1. The Morgan fingerprint density at radius 1 is 1.25 bits per heavy atom. The minimum atomic E-state index is -0.226. The molecule has 1 aromatic heterocycles. The van der Waals surface area contributed by atoms with Crippen molar-refractivity contribution in [1.29, 1.82) is 5.26 Å². The lowest BCUT2D eigenvalue weighted by Crippen LogP contribution is -2.14. The molecule has 0 atom stereocenters. The van der Waals surface area contributed by atoms with Gasteiger partial charge in [0, 0.05) is 10.0 Å². The quantitative estimate of drug-likeness (QED) is 0.618. The molecule has 8 heteroatoms. The van der Waals surface area contributed by atoms with E-state index in [1.54, 1.807) is 24.3 Å². The van der Waals surface area contributed by atoms with Gasteiger partial charge in [0.05, 0.1) is 27.2 Å². The fourth-order valence-corrected chi connectivity index (χ4v) is 4.16. The van der Waals surface area contributed by atoms with Crippen molar-refractivity contribution in [3.63, 3.8) is 0 Å². The Morgan fingerprint density at radius 2 is 2.00 bits per heavy atom. The minimum absolute atomic E-state index is 0.185. The number of halogens is 2. The van der Waals surface area contributed by atoms with Crippen LogP contribution in [0.15, 0.2) is 40.7 Å². The number of anilines is 1. The first-order valence-corrected chi connectivity index (χ1v) is 9.29. The average Bonchev–Trinajstić information content (AvgIpc) is 2.95. The molecule has 3 aromatic rings. The van der Waals surface area contributed by atoms with Gasteiger partial charge in [-0.3, -0.25) is 4.79 Å². The van der Waals surface area contributed by atoms with Crippen molar-refractivity contribution in [2.45, 2.75) is 4.34 Å². The van der Waals surface area contributed by atoms with E-state index in [1.807, 2.05) is 18.2 Å². The molecule has 1 amide bonds. The molecule has 0 saturated carbocycles. The van der Waals surface area contributed by atoms with Gasteiger partial charge in [0.2, 0.25) is 5.91 Å². The SMILES string of the molecule is N#Cc1ccc(Cl)cc1NC(=O)CSc1nc2cc(Cl)ccc2s1. The summed E-state index contributed by atoms with van der Waals surface area (Å²) in [6.07, 6.45) is 0. The molecule has 0 saturated heterocycles. The van der Waals surface area contributed by atoms with Crippen molar-refractivity contribution in [3.05, 3.63) is 52.0 Å². The molecule has 2 aromatic carbocycles. The number of hydrogen-bond acceptors (Lipinski definition) is 5. The van der Waals surface area contributed by atoms with Crippen molar-refractivity contribution in [2.75, 3.05) is 11.1 Å². The number of rotatable bonds is 4. The van der Waals surface area contributed by atoms with E-state index in [4.69, 9.17) is 28.5 Å². The Morgan fingerprint density at radius 3 is 2.79 bits per heavy atom. The predicted octanol–water partition coefficient (Wildman–Crippen LogP) is 5.21. The summed E-state index contributed by atoms with van der Waals surface area (Å²) in [7, 11) is 0. The smallest absolute Gasteiger partial charge is 0.234 e. The van der Waals surface area contributed by atoms with Gasteiger partial charge in [0.25, 0.3) is 0 Å². The molecule has 4 nitrogen and oxygen atoms in total. The van der Waals surface area contributed by atoms with Gasteiger partial charge in [-0.25, -0.2) is 4.98 Å². The highest BCUT2D eigenvalue weighted by molar-refractivity contribution is 8.01. The van der Waals surface area contributed by atoms with Crippen molar-refractivity contribution < 1.29 is 4.79 Å². The Bertz CT molecular complexity index is 966. The minimum Gasteiger partial charge on any atom is -0.324 e. The summed E-state index contributed by atoms with van der Waals surface area (Å²) in [5.41, 5.74) is 1.59. The van der Waals surface area contributed by atoms with E-state index in [0.29, 0.717) is 21.3 Å². The second-order valence-electron chi connectivity index (χ2n) is 4.73. The van der Waals surface area contributed by atoms with Gasteiger partial charge < -0.3 is 5.32 Å². The van der Waals surface area contributed by atoms with Crippen LogP contribution in [0.1, 0.15) is 5.56 Å². The number of benzene rings is 2. The topological polar surface area (TPSA) is 65.8 Å². The summed E-state index contributed by atoms with van der Waals surface area (Å²) in [6.45, 7) is 0.